The van der Waals surface area contributed by atoms with Crippen LogP contribution in [0.5, 0.6) is 0 Å². The van der Waals surface area contributed by atoms with Gasteiger partial charge in [0.05, 0.1) is 11.3 Å². The molecule has 1 N–H and O–H groups in total. The molecule has 5 nitrogen and oxygen atoms in total. The smallest absolute Gasteiger partial charge is 0.262 e. The number of anilines is 1. The van der Waals surface area contributed by atoms with Crippen molar-refractivity contribution in [1.29, 1.82) is 0 Å². The van der Waals surface area contributed by atoms with Gasteiger partial charge in [0.25, 0.3) is 5.89 Å². The van der Waals surface area contributed by atoms with Crippen molar-refractivity contribution in [3.05, 3.63) is 11.5 Å². The lowest BCUT2D eigenvalue weighted by Gasteiger charge is -2.23. The minimum atomic E-state index is 0.452. The van der Waals surface area contributed by atoms with Crippen molar-refractivity contribution in [2.75, 3.05) is 12.4 Å². The van der Waals surface area contributed by atoms with Crippen molar-refractivity contribution in [2.24, 2.45) is 5.92 Å². The molecule has 1 aliphatic carbocycles. The quantitative estimate of drug-likeness (QED) is 0.931. The molecule has 2 heterocycles. The molecule has 6 heteroatoms. The monoisotopic (exact) mass is 292 g/mol. The minimum Gasteiger partial charge on any atom is -0.378 e. The highest BCUT2D eigenvalue weighted by atomic mass is 32.1. The first-order valence-corrected chi connectivity index (χ1v) is 7.94. The first-order valence-electron chi connectivity index (χ1n) is 7.17. The Labute approximate surface area is 123 Å². The van der Waals surface area contributed by atoms with E-state index in [0.717, 1.165) is 28.0 Å². The molecule has 0 unspecified atom stereocenters. The van der Waals surface area contributed by atoms with Gasteiger partial charge in [-0.15, -0.1) is 0 Å². The van der Waals surface area contributed by atoms with Crippen LogP contribution in [-0.4, -0.2) is 21.6 Å². The van der Waals surface area contributed by atoms with Gasteiger partial charge in [-0.2, -0.15) is 9.36 Å². The lowest BCUT2D eigenvalue weighted by molar-refractivity contribution is 0.329. The van der Waals surface area contributed by atoms with Gasteiger partial charge in [0.1, 0.15) is 5.00 Å². The van der Waals surface area contributed by atoms with Gasteiger partial charge in [-0.3, -0.25) is 0 Å². The lowest BCUT2D eigenvalue weighted by Crippen LogP contribution is -2.11. The van der Waals surface area contributed by atoms with E-state index in [2.05, 4.69) is 26.8 Å². The summed E-state index contributed by atoms with van der Waals surface area (Å²) in [6.07, 6.45) is 4.85. The summed E-state index contributed by atoms with van der Waals surface area (Å²) < 4.78 is 9.82. The third-order valence-electron chi connectivity index (χ3n) is 4.13. The van der Waals surface area contributed by atoms with Gasteiger partial charge in [0.2, 0.25) is 0 Å². The Kier molecular flexibility index (Phi) is 3.74. The van der Waals surface area contributed by atoms with Gasteiger partial charge in [-0.25, -0.2) is 0 Å². The van der Waals surface area contributed by atoms with Crippen molar-refractivity contribution in [3.63, 3.8) is 0 Å². The predicted molar refractivity (Wildman–Crippen MR) is 80.1 cm³/mol. The van der Waals surface area contributed by atoms with Crippen LogP contribution in [-0.2, 0) is 0 Å². The van der Waals surface area contributed by atoms with Gasteiger partial charge in [0.15, 0.2) is 5.82 Å². The topological polar surface area (TPSA) is 63.8 Å². The lowest BCUT2D eigenvalue weighted by atomic mass is 9.83. The van der Waals surface area contributed by atoms with E-state index >= 15 is 0 Å². The zero-order chi connectivity index (χ0) is 14.1. The second kappa shape index (κ2) is 5.52. The summed E-state index contributed by atoms with van der Waals surface area (Å²) in [5.74, 6) is 2.74. The Hall–Kier alpha value is -1.43. The Morgan fingerprint density at radius 2 is 2.00 bits per heavy atom. The number of nitrogens with zero attached hydrogens (tertiary/aromatic N) is 3. The molecule has 2 aromatic rings. The SMILES string of the molecule is CNc1snc(C)c1-c1nc(C2CCC(C)CC2)no1. The van der Waals surface area contributed by atoms with E-state index in [1.807, 2.05) is 14.0 Å². The molecule has 108 valence electrons. The zero-order valence-electron chi connectivity index (χ0n) is 12.1. The molecule has 1 saturated carbocycles. The molecule has 0 atom stereocenters. The number of aryl methyl sites for hydroxylation is 1. The highest BCUT2D eigenvalue weighted by molar-refractivity contribution is 7.10. The first kappa shape index (κ1) is 13.5. The van der Waals surface area contributed by atoms with Crippen LogP contribution >= 0.6 is 11.5 Å². The zero-order valence-corrected chi connectivity index (χ0v) is 13.0. The molecular formula is C14H20N4OS. The largest absolute Gasteiger partial charge is 0.378 e. The number of aromatic nitrogens is 3. The van der Waals surface area contributed by atoms with Crippen molar-refractivity contribution in [1.82, 2.24) is 14.5 Å². The van der Waals surface area contributed by atoms with E-state index in [-0.39, 0.29) is 0 Å². The summed E-state index contributed by atoms with van der Waals surface area (Å²) in [5.41, 5.74) is 1.88. The van der Waals surface area contributed by atoms with Crippen molar-refractivity contribution in [3.8, 4) is 11.5 Å². The summed E-state index contributed by atoms with van der Waals surface area (Å²) >= 11 is 1.43. The van der Waals surface area contributed by atoms with Gasteiger partial charge in [-0.1, -0.05) is 24.9 Å². The van der Waals surface area contributed by atoms with E-state index in [9.17, 15) is 0 Å². The molecule has 0 saturated heterocycles. The summed E-state index contributed by atoms with van der Waals surface area (Å²) in [7, 11) is 1.89. The molecule has 0 bridgehead atoms. The number of hydrogen-bond acceptors (Lipinski definition) is 6. The fraction of sp³-hybridized carbons (Fsp3) is 0.643. The van der Waals surface area contributed by atoms with Gasteiger partial charge in [0, 0.05) is 13.0 Å². The Morgan fingerprint density at radius 1 is 1.25 bits per heavy atom. The molecule has 0 aliphatic heterocycles. The highest BCUT2D eigenvalue weighted by Crippen LogP contribution is 2.37. The number of nitrogens with one attached hydrogen (secondary N) is 1. The van der Waals surface area contributed by atoms with Crippen LogP contribution in [0.15, 0.2) is 4.52 Å². The third kappa shape index (κ3) is 2.44. The summed E-state index contributed by atoms with van der Waals surface area (Å²) in [4.78, 5) is 4.62. The fourth-order valence-corrected chi connectivity index (χ4v) is 3.55. The van der Waals surface area contributed by atoms with Crippen LogP contribution in [0.2, 0.25) is 0 Å². The van der Waals surface area contributed by atoms with Gasteiger partial charge < -0.3 is 9.84 Å². The molecule has 2 aromatic heterocycles. The molecular weight excluding hydrogens is 272 g/mol. The average molecular weight is 292 g/mol. The number of hydrogen-bond donors (Lipinski definition) is 1. The molecule has 0 radical (unpaired) electrons. The van der Waals surface area contributed by atoms with Crippen molar-refractivity contribution in [2.45, 2.75) is 45.4 Å². The predicted octanol–water partition coefficient (Wildman–Crippen LogP) is 3.84. The Bertz CT molecular complexity index is 584. The first-order chi connectivity index (χ1) is 9.69. The van der Waals surface area contributed by atoms with E-state index in [1.165, 1.54) is 37.2 Å². The summed E-state index contributed by atoms with van der Waals surface area (Å²) in [6, 6.07) is 0. The van der Waals surface area contributed by atoms with Crippen molar-refractivity contribution >= 4 is 16.5 Å². The highest BCUT2D eigenvalue weighted by Gasteiger charge is 2.25. The number of rotatable bonds is 3. The summed E-state index contributed by atoms with van der Waals surface area (Å²) in [5, 5.41) is 8.32. The maximum atomic E-state index is 5.48. The normalized spacial score (nSPS) is 22.9. The van der Waals surface area contributed by atoms with E-state index in [0.29, 0.717) is 11.8 Å². The average Bonchev–Trinajstić information content (AvgIpc) is 3.05. The standard InChI is InChI=1S/C14H20N4OS/c1-8-4-6-10(7-5-8)12-16-13(19-17-12)11-9(2)18-20-14(11)15-3/h8,10,15H,4-7H2,1-3H3. The maximum Gasteiger partial charge on any atom is 0.262 e. The second-order valence-corrected chi connectivity index (χ2v) is 6.41. The van der Waals surface area contributed by atoms with Gasteiger partial charge in [-0.05, 0) is 37.2 Å². The van der Waals surface area contributed by atoms with E-state index < -0.39 is 0 Å². The van der Waals surface area contributed by atoms with Crippen LogP contribution < -0.4 is 5.32 Å². The Balaban J connectivity index is 1.85. The van der Waals surface area contributed by atoms with Crippen LogP contribution in [0.3, 0.4) is 0 Å². The molecule has 3 rings (SSSR count). The Morgan fingerprint density at radius 3 is 2.70 bits per heavy atom. The van der Waals surface area contributed by atoms with Crippen LogP contribution in [0.25, 0.3) is 11.5 Å². The van der Waals surface area contributed by atoms with Crippen LogP contribution in [0, 0.1) is 12.8 Å². The summed E-state index contributed by atoms with van der Waals surface area (Å²) in [6.45, 7) is 4.29. The maximum absolute atomic E-state index is 5.48. The molecule has 1 aliphatic rings. The molecule has 0 amide bonds. The van der Waals surface area contributed by atoms with Crippen molar-refractivity contribution < 1.29 is 4.52 Å². The molecule has 0 aromatic carbocycles. The van der Waals surface area contributed by atoms with Crippen LogP contribution in [0.4, 0.5) is 5.00 Å². The molecule has 1 fully saturated rings. The third-order valence-corrected chi connectivity index (χ3v) is 5.08. The van der Waals surface area contributed by atoms with Gasteiger partial charge >= 0.3 is 0 Å². The van der Waals surface area contributed by atoms with E-state index in [4.69, 9.17) is 4.52 Å². The minimum absolute atomic E-state index is 0.452. The van der Waals surface area contributed by atoms with E-state index in [1.54, 1.807) is 0 Å². The molecule has 20 heavy (non-hydrogen) atoms. The van der Waals surface area contributed by atoms with Crippen LogP contribution in [0.1, 0.15) is 50.0 Å². The molecule has 0 spiro atoms. The fourth-order valence-electron chi connectivity index (χ4n) is 2.81. The second-order valence-electron chi connectivity index (χ2n) is 5.64.